The van der Waals surface area contributed by atoms with Crippen molar-refractivity contribution < 1.29 is 0 Å². The van der Waals surface area contributed by atoms with Crippen molar-refractivity contribution in [3.63, 3.8) is 0 Å². The monoisotopic (exact) mass is 373 g/mol. The number of nitrogens with zero attached hydrogens (tertiary/aromatic N) is 4. The average molecular weight is 373 g/mol. The molecule has 1 aliphatic rings. The average Bonchev–Trinajstić information content (AvgIpc) is 3.12. The van der Waals surface area contributed by atoms with Crippen LogP contribution in [0.5, 0.6) is 0 Å². The van der Waals surface area contributed by atoms with E-state index in [2.05, 4.69) is 44.6 Å². The van der Waals surface area contributed by atoms with E-state index in [1.165, 1.54) is 5.52 Å². The molecule has 0 aliphatic carbocycles. The summed E-state index contributed by atoms with van der Waals surface area (Å²) in [7, 11) is 0. The maximum atomic E-state index is 12.4. The van der Waals surface area contributed by atoms with Gasteiger partial charge in [0.25, 0.3) is 5.56 Å². The highest BCUT2D eigenvalue weighted by Crippen LogP contribution is 2.30. The second kappa shape index (κ2) is 6.78. The van der Waals surface area contributed by atoms with Crippen LogP contribution in [0.3, 0.4) is 0 Å². The summed E-state index contributed by atoms with van der Waals surface area (Å²) in [6, 6.07) is 16.3. The van der Waals surface area contributed by atoms with Crippen LogP contribution in [0.4, 0.5) is 5.95 Å². The van der Waals surface area contributed by atoms with Gasteiger partial charge in [-0.1, -0.05) is 31.2 Å². The van der Waals surface area contributed by atoms with E-state index in [-0.39, 0.29) is 5.56 Å². The lowest BCUT2D eigenvalue weighted by Crippen LogP contribution is -2.37. The van der Waals surface area contributed by atoms with E-state index in [0.717, 1.165) is 49.2 Å². The lowest BCUT2D eigenvalue weighted by atomic mass is 10.0. The highest BCUT2D eigenvalue weighted by atomic mass is 16.1. The third-order valence-corrected chi connectivity index (χ3v) is 5.71. The Bertz CT molecular complexity index is 1200. The van der Waals surface area contributed by atoms with Gasteiger partial charge in [0.05, 0.1) is 21.9 Å². The van der Waals surface area contributed by atoms with Gasteiger partial charge in [-0.25, -0.2) is 9.97 Å². The zero-order valence-electron chi connectivity index (χ0n) is 15.9. The molecule has 142 valence electrons. The summed E-state index contributed by atoms with van der Waals surface area (Å²) in [6.45, 7) is 3.89. The molecule has 2 aromatic heterocycles. The number of hydrogen-bond donors (Lipinski definition) is 1. The zero-order valence-corrected chi connectivity index (χ0v) is 15.9. The number of anilines is 1. The highest BCUT2D eigenvalue weighted by molar-refractivity contribution is 5.78. The number of aryl methyl sites for hydroxylation is 1. The van der Waals surface area contributed by atoms with Gasteiger partial charge < -0.3 is 9.47 Å². The molecule has 3 heterocycles. The number of para-hydroxylation sites is 3. The van der Waals surface area contributed by atoms with Crippen LogP contribution in [0, 0.1) is 0 Å². The molecule has 0 saturated carbocycles. The molecule has 1 saturated heterocycles. The van der Waals surface area contributed by atoms with Crippen molar-refractivity contribution in [1.29, 1.82) is 0 Å². The first-order valence-corrected chi connectivity index (χ1v) is 9.94. The van der Waals surface area contributed by atoms with Crippen LogP contribution in [-0.4, -0.2) is 32.6 Å². The molecule has 0 amide bonds. The maximum absolute atomic E-state index is 12.4. The van der Waals surface area contributed by atoms with Crippen LogP contribution < -0.4 is 10.5 Å². The lowest BCUT2D eigenvalue weighted by molar-refractivity contribution is 0.392. The Kier molecular flexibility index (Phi) is 4.11. The predicted molar refractivity (Wildman–Crippen MR) is 112 cm³/mol. The number of imidazole rings is 1. The minimum absolute atomic E-state index is 0.0726. The van der Waals surface area contributed by atoms with Gasteiger partial charge in [-0.2, -0.15) is 0 Å². The normalized spacial score (nSPS) is 15.5. The van der Waals surface area contributed by atoms with Crippen LogP contribution in [0.1, 0.15) is 31.6 Å². The van der Waals surface area contributed by atoms with Crippen LogP contribution in [0.25, 0.3) is 21.9 Å². The van der Waals surface area contributed by atoms with Gasteiger partial charge in [0.15, 0.2) is 0 Å². The second-order valence-corrected chi connectivity index (χ2v) is 7.37. The van der Waals surface area contributed by atoms with Crippen LogP contribution in [0.15, 0.2) is 53.3 Å². The van der Waals surface area contributed by atoms with Crippen molar-refractivity contribution in [3.05, 3.63) is 64.7 Å². The summed E-state index contributed by atoms with van der Waals surface area (Å²) in [5.74, 6) is 1.82. The van der Waals surface area contributed by atoms with Crippen molar-refractivity contribution in [2.45, 2.75) is 32.2 Å². The largest absolute Gasteiger partial charge is 0.342 e. The Morgan fingerprint density at radius 2 is 1.71 bits per heavy atom. The van der Waals surface area contributed by atoms with Crippen molar-refractivity contribution in [2.24, 2.45) is 0 Å². The van der Waals surface area contributed by atoms with E-state index in [9.17, 15) is 4.79 Å². The van der Waals surface area contributed by atoms with Gasteiger partial charge in [0, 0.05) is 25.6 Å². The number of fused-ring (bicyclic) bond motifs is 2. The summed E-state index contributed by atoms with van der Waals surface area (Å²) in [5, 5.41) is 0.638. The van der Waals surface area contributed by atoms with Gasteiger partial charge in [-0.05, 0) is 37.1 Å². The Labute approximate surface area is 162 Å². The standard InChI is InChI=1S/C22H23N5O/c1-2-20-23-18-9-5-6-10-19(18)27(20)15-11-13-26(14-12-15)22-24-17-8-4-3-7-16(17)21(28)25-22/h3-10,15H,2,11-14H2,1H3,(H,24,25,28). The molecule has 4 aromatic rings. The molecule has 1 N–H and O–H groups in total. The van der Waals surface area contributed by atoms with Gasteiger partial charge >= 0.3 is 0 Å². The fourth-order valence-corrected chi connectivity index (χ4v) is 4.31. The molecule has 0 unspecified atom stereocenters. The first kappa shape index (κ1) is 17.0. The van der Waals surface area contributed by atoms with Crippen molar-refractivity contribution >= 4 is 27.9 Å². The van der Waals surface area contributed by atoms with Gasteiger partial charge in [0.1, 0.15) is 5.82 Å². The van der Waals surface area contributed by atoms with Crippen LogP contribution in [-0.2, 0) is 6.42 Å². The first-order chi connectivity index (χ1) is 13.7. The molecular formula is C22H23N5O. The number of rotatable bonds is 3. The number of H-pyrrole nitrogens is 1. The van der Waals surface area contributed by atoms with E-state index in [0.29, 0.717) is 17.4 Å². The van der Waals surface area contributed by atoms with Crippen LogP contribution in [0.2, 0.25) is 0 Å². The molecule has 6 heteroatoms. The second-order valence-electron chi connectivity index (χ2n) is 7.37. The topological polar surface area (TPSA) is 66.8 Å². The molecule has 28 heavy (non-hydrogen) atoms. The minimum atomic E-state index is -0.0726. The van der Waals surface area contributed by atoms with Gasteiger partial charge in [-0.3, -0.25) is 9.78 Å². The summed E-state index contributed by atoms with van der Waals surface area (Å²) in [4.78, 5) is 27.0. The molecular weight excluding hydrogens is 350 g/mol. The molecule has 0 bridgehead atoms. The number of aromatic nitrogens is 4. The van der Waals surface area contributed by atoms with Crippen molar-refractivity contribution in [3.8, 4) is 0 Å². The number of benzene rings is 2. The van der Waals surface area contributed by atoms with Crippen molar-refractivity contribution in [2.75, 3.05) is 18.0 Å². The summed E-state index contributed by atoms with van der Waals surface area (Å²) in [6.07, 6.45) is 2.93. The van der Waals surface area contributed by atoms with Crippen LogP contribution >= 0.6 is 0 Å². The molecule has 0 atom stereocenters. The summed E-state index contributed by atoms with van der Waals surface area (Å²) < 4.78 is 2.42. The fraction of sp³-hybridized carbons (Fsp3) is 0.318. The number of aromatic amines is 1. The molecule has 1 aliphatic heterocycles. The highest BCUT2D eigenvalue weighted by Gasteiger charge is 2.25. The van der Waals surface area contributed by atoms with E-state index in [4.69, 9.17) is 4.98 Å². The molecule has 2 aromatic carbocycles. The lowest BCUT2D eigenvalue weighted by Gasteiger charge is -2.34. The Morgan fingerprint density at radius 1 is 1.00 bits per heavy atom. The molecule has 0 spiro atoms. The Morgan fingerprint density at radius 3 is 2.50 bits per heavy atom. The maximum Gasteiger partial charge on any atom is 0.260 e. The quantitative estimate of drug-likeness (QED) is 0.595. The van der Waals surface area contributed by atoms with Gasteiger partial charge in [-0.15, -0.1) is 0 Å². The summed E-state index contributed by atoms with van der Waals surface area (Å²) >= 11 is 0. The smallest absolute Gasteiger partial charge is 0.260 e. The SMILES string of the molecule is CCc1nc2ccccc2n1C1CCN(c2nc3ccccc3c(=O)[nH]2)CC1. The third-order valence-electron chi connectivity index (χ3n) is 5.71. The van der Waals surface area contributed by atoms with E-state index >= 15 is 0 Å². The third kappa shape index (κ3) is 2.76. The minimum Gasteiger partial charge on any atom is -0.342 e. The summed E-state index contributed by atoms with van der Waals surface area (Å²) in [5.41, 5.74) is 2.96. The zero-order chi connectivity index (χ0) is 19.1. The molecule has 6 nitrogen and oxygen atoms in total. The molecule has 1 fully saturated rings. The number of hydrogen-bond acceptors (Lipinski definition) is 4. The Balaban J connectivity index is 1.42. The van der Waals surface area contributed by atoms with E-state index < -0.39 is 0 Å². The Hall–Kier alpha value is -3.15. The number of piperidine rings is 1. The van der Waals surface area contributed by atoms with Crippen molar-refractivity contribution in [1.82, 2.24) is 19.5 Å². The van der Waals surface area contributed by atoms with E-state index in [1.807, 2.05) is 30.3 Å². The molecule has 5 rings (SSSR count). The fourth-order valence-electron chi connectivity index (χ4n) is 4.31. The number of nitrogens with one attached hydrogen (secondary N) is 1. The first-order valence-electron chi connectivity index (χ1n) is 9.94. The predicted octanol–water partition coefficient (Wildman–Crippen LogP) is 3.68. The van der Waals surface area contributed by atoms with Gasteiger partial charge in [0.2, 0.25) is 5.95 Å². The van der Waals surface area contributed by atoms with E-state index in [1.54, 1.807) is 0 Å². The molecule has 0 radical (unpaired) electrons.